The Morgan fingerprint density at radius 2 is 1.81 bits per heavy atom. The Morgan fingerprint density at radius 1 is 1.13 bits per heavy atom. The number of nitrogens with one attached hydrogen (secondary N) is 3. The molecule has 3 N–H and O–H groups in total. The van der Waals surface area contributed by atoms with Crippen LogP contribution in [0, 0.1) is 11.6 Å². The standard InChI is InChI=1S/C23H23F2N3O3/c1-14(26-21(29)12-15-10-17(24)13-18(25)11-15)22(30)28-20-9-5-8-19(27-23(20)31)16-6-3-2-4-7-16/h2-7,9-11,13-14,19-20H,8,12H2,1H3,(H,26,29)(H,27,31)(H,28,30)/t14-,19+,20-/m0/s1. The zero-order valence-electron chi connectivity index (χ0n) is 16.9. The Labute approximate surface area is 178 Å². The molecule has 3 atom stereocenters. The summed E-state index contributed by atoms with van der Waals surface area (Å²) in [7, 11) is 0. The number of carbonyl (C=O) groups is 3. The van der Waals surface area contributed by atoms with Crippen molar-refractivity contribution in [3.05, 3.63) is 83.4 Å². The highest BCUT2D eigenvalue weighted by atomic mass is 19.1. The lowest BCUT2D eigenvalue weighted by molar-refractivity contribution is -0.131. The van der Waals surface area contributed by atoms with Crippen LogP contribution in [0.15, 0.2) is 60.7 Å². The number of carbonyl (C=O) groups excluding carboxylic acids is 3. The van der Waals surface area contributed by atoms with Crippen molar-refractivity contribution < 1.29 is 23.2 Å². The summed E-state index contributed by atoms with van der Waals surface area (Å²) in [5.74, 6) is -3.05. The van der Waals surface area contributed by atoms with Crippen molar-refractivity contribution in [2.24, 2.45) is 0 Å². The highest BCUT2D eigenvalue weighted by Gasteiger charge is 2.26. The molecule has 0 aliphatic carbocycles. The fraction of sp³-hybridized carbons (Fsp3) is 0.261. The maximum absolute atomic E-state index is 13.3. The summed E-state index contributed by atoms with van der Waals surface area (Å²) in [6, 6.07) is 10.3. The molecule has 2 aromatic rings. The van der Waals surface area contributed by atoms with E-state index in [0.717, 1.165) is 17.7 Å². The van der Waals surface area contributed by atoms with Crippen LogP contribution in [0.4, 0.5) is 8.78 Å². The van der Waals surface area contributed by atoms with Crippen molar-refractivity contribution in [2.45, 2.75) is 37.9 Å². The van der Waals surface area contributed by atoms with Crippen LogP contribution in [0.5, 0.6) is 0 Å². The second kappa shape index (κ2) is 9.97. The highest BCUT2D eigenvalue weighted by molar-refractivity contribution is 5.93. The topological polar surface area (TPSA) is 87.3 Å². The number of halogens is 2. The average molecular weight is 427 g/mol. The fourth-order valence-corrected chi connectivity index (χ4v) is 3.31. The molecule has 1 aliphatic rings. The average Bonchev–Trinajstić information content (AvgIpc) is 2.89. The third-order valence-corrected chi connectivity index (χ3v) is 4.86. The molecule has 0 bridgehead atoms. The smallest absolute Gasteiger partial charge is 0.247 e. The van der Waals surface area contributed by atoms with Crippen LogP contribution in [0.25, 0.3) is 0 Å². The second-order valence-corrected chi connectivity index (χ2v) is 7.37. The van der Waals surface area contributed by atoms with Crippen LogP contribution in [-0.4, -0.2) is 29.8 Å². The maximum Gasteiger partial charge on any atom is 0.247 e. The van der Waals surface area contributed by atoms with Gasteiger partial charge in [0.25, 0.3) is 0 Å². The third kappa shape index (κ3) is 6.21. The lowest BCUT2D eigenvalue weighted by atomic mass is 10.0. The van der Waals surface area contributed by atoms with E-state index >= 15 is 0 Å². The number of amides is 3. The van der Waals surface area contributed by atoms with Gasteiger partial charge < -0.3 is 16.0 Å². The summed E-state index contributed by atoms with van der Waals surface area (Å²) in [6.07, 6.45) is 3.73. The number of hydrogen-bond donors (Lipinski definition) is 3. The summed E-state index contributed by atoms with van der Waals surface area (Å²) >= 11 is 0. The predicted molar refractivity (Wildman–Crippen MR) is 111 cm³/mol. The molecular weight excluding hydrogens is 404 g/mol. The van der Waals surface area contributed by atoms with E-state index in [1.54, 1.807) is 6.08 Å². The van der Waals surface area contributed by atoms with E-state index in [9.17, 15) is 23.2 Å². The normalized spacial score (nSPS) is 19.1. The van der Waals surface area contributed by atoms with Crippen LogP contribution in [0.3, 0.4) is 0 Å². The minimum Gasteiger partial charge on any atom is -0.347 e. The van der Waals surface area contributed by atoms with Gasteiger partial charge in [-0.15, -0.1) is 0 Å². The summed E-state index contributed by atoms with van der Waals surface area (Å²) in [5, 5.41) is 7.96. The van der Waals surface area contributed by atoms with Crippen molar-refractivity contribution >= 4 is 17.7 Å². The quantitative estimate of drug-likeness (QED) is 0.619. The van der Waals surface area contributed by atoms with Crippen molar-refractivity contribution in [1.82, 2.24) is 16.0 Å². The van der Waals surface area contributed by atoms with Crippen LogP contribution in [0.2, 0.25) is 0 Å². The Balaban J connectivity index is 1.54. The second-order valence-electron chi connectivity index (χ2n) is 7.37. The molecule has 0 spiro atoms. The molecule has 162 valence electrons. The van der Waals surface area contributed by atoms with E-state index in [4.69, 9.17) is 0 Å². The Bertz CT molecular complexity index is 975. The van der Waals surface area contributed by atoms with Gasteiger partial charge in [0.2, 0.25) is 17.7 Å². The molecule has 1 heterocycles. The zero-order valence-corrected chi connectivity index (χ0v) is 16.9. The monoisotopic (exact) mass is 427 g/mol. The van der Waals surface area contributed by atoms with Gasteiger partial charge in [-0.1, -0.05) is 42.5 Å². The van der Waals surface area contributed by atoms with E-state index in [1.807, 2.05) is 36.4 Å². The molecule has 31 heavy (non-hydrogen) atoms. The Morgan fingerprint density at radius 3 is 2.48 bits per heavy atom. The van der Waals surface area contributed by atoms with Crippen molar-refractivity contribution in [3.63, 3.8) is 0 Å². The molecule has 0 fully saturated rings. The zero-order chi connectivity index (χ0) is 22.4. The number of rotatable bonds is 6. The van der Waals surface area contributed by atoms with Gasteiger partial charge in [0.15, 0.2) is 0 Å². The number of hydrogen-bond acceptors (Lipinski definition) is 3. The van der Waals surface area contributed by atoms with E-state index in [2.05, 4.69) is 16.0 Å². The third-order valence-electron chi connectivity index (χ3n) is 4.86. The lowest BCUT2D eigenvalue weighted by Gasteiger charge is -2.20. The minimum absolute atomic E-state index is 0.153. The molecule has 0 radical (unpaired) electrons. The lowest BCUT2D eigenvalue weighted by Crippen LogP contribution is -2.52. The van der Waals surface area contributed by atoms with E-state index in [-0.39, 0.29) is 23.9 Å². The SMILES string of the molecule is C[C@H](NC(=O)Cc1cc(F)cc(F)c1)C(=O)N[C@H]1C=CC[C@H](c2ccccc2)NC1=O. The van der Waals surface area contributed by atoms with Crippen LogP contribution in [0.1, 0.15) is 30.5 Å². The molecule has 0 unspecified atom stereocenters. The largest absolute Gasteiger partial charge is 0.347 e. The predicted octanol–water partition coefficient (Wildman–Crippen LogP) is 2.31. The van der Waals surface area contributed by atoms with Gasteiger partial charge in [0.1, 0.15) is 23.7 Å². The first-order chi connectivity index (χ1) is 14.8. The van der Waals surface area contributed by atoms with Crippen molar-refractivity contribution in [1.29, 1.82) is 0 Å². The van der Waals surface area contributed by atoms with Crippen molar-refractivity contribution in [2.75, 3.05) is 0 Å². The molecular formula is C23H23F2N3O3. The summed E-state index contributed by atoms with van der Waals surface area (Å²) in [4.78, 5) is 37.1. The van der Waals surface area contributed by atoms with E-state index < -0.39 is 35.5 Å². The molecule has 1 aliphatic heterocycles. The van der Waals surface area contributed by atoms with Crippen molar-refractivity contribution in [3.8, 4) is 0 Å². The van der Waals surface area contributed by atoms with Gasteiger partial charge in [0.05, 0.1) is 12.5 Å². The maximum atomic E-state index is 13.3. The van der Waals surface area contributed by atoms with Gasteiger partial charge in [-0.05, 0) is 36.6 Å². The molecule has 6 nitrogen and oxygen atoms in total. The van der Waals surface area contributed by atoms with Gasteiger partial charge in [-0.25, -0.2) is 8.78 Å². The summed E-state index contributed by atoms with van der Waals surface area (Å²) < 4.78 is 26.5. The van der Waals surface area contributed by atoms with Crippen LogP contribution >= 0.6 is 0 Å². The fourth-order valence-electron chi connectivity index (χ4n) is 3.31. The Kier molecular flexibility index (Phi) is 7.12. The van der Waals surface area contributed by atoms with E-state index in [1.165, 1.54) is 6.92 Å². The van der Waals surface area contributed by atoms with Crippen LogP contribution < -0.4 is 16.0 Å². The first-order valence-electron chi connectivity index (χ1n) is 9.88. The summed E-state index contributed by atoms with van der Waals surface area (Å²) in [6.45, 7) is 1.46. The Hall–Kier alpha value is -3.55. The molecule has 0 aromatic heterocycles. The molecule has 0 saturated carbocycles. The first kappa shape index (κ1) is 22.1. The van der Waals surface area contributed by atoms with Gasteiger partial charge >= 0.3 is 0 Å². The highest BCUT2D eigenvalue weighted by Crippen LogP contribution is 2.19. The molecule has 8 heteroatoms. The van der Waals surface area contributed by atoms with E-state index in [0.29, 0.717) is 12.5 Å². The first-order valence-corrected chi connectivity index (χ1v) is 9.88. The number of benzene rings is 2. The van der Waals surface area contributed by atoms with Gasteiger partial charge in [-0.2, -0.15) is 0 Å². The molecule has 3 rings (SSSR count). The summed E-state index contributed by atoms with van der Waals surface area (Å²) in [5.41, 5.74) is 1.11. The minimum atomic E-state index is -0.944. The molecule has 3 amide bonds. The van der Waals surface area contributed by atoms with Crippen LogP contribution in [-0.2, 0) is 20.8 Å². The van der Waals surface area contributed by atoms with Gasteiger partial charge in [-0.3, -0.25) is 14.4 Å². The van der Waals surface area contributed by atoms with Gasteiger partial charge in [0, 0.05) is 6.07 Å². The molecule has 2 aromatic carbocycles. The molecule has 0 saturated heterocycles.